The molecule has 0 saturated carbocycles. The molecule has 3 aromatic rings. The summed E-state index contributed by atoms with van der Waals surface area (Å²) in [6, 6.07) is 13.3. The quantitative estimate of drug-likeness (QED) is 0.670. The van der Waals surface area contributed by atoms with Crippen molar-refractivity contribution in [2.75, 3.05) is 11.4 Å². The van der Waals surface area contributed by atoms with Crippen LogP contribution in [0.2, 0.25) is 0 Å². The summed E-state index contributed by atoms with van der Waals surface area (Å²) in [4.78, 5) is 27.0. The first kappa shape index (κ1) is 16.3. The van der Waals surface area contributed by atoms with E-state index in [9.17, 15) is 14.7 Å². The van der Waals surface area contributed by atoms with Crippen molar-refractivity contribution in [2.24, 2.45) is 0 Å². The summed E-state index contributed by atoms with van der Waals surface area (Å²) in [7, 11) is 0. The Morgan fingerprint density at radius 3 is 2.48 bits per heavy atom. The van der Waals surface area contributed by atoms with Crippen LogP contribution in [0.5, 0.6) is 17.2 Å². The number of hydrogen-bond acceptors (Lipinski definition) is 5. The molecule has 25 heavy (non-hydrogen) atoms. The van der Waals surface area contributed by atoms with Gasteiger partial charge in [-0.25, -0.2) is 4.98 Å². The third kappa shape index (κ3) is 3.84. The number of hydrogen-bond donors (Lipinski definition) is 2. The molecule has 0 bridgehead atoms. The van der Waals surface area contributed by atoms with E-state index in [0.717, 1.165) is 15.7 Å². The molecule has 2 aromatic carbocycles. The van der Waals surface area contributed by atoms with Crippen LogP contribution in [-0.4, -0.2) is 34.1 Å². The molecule has 0 radical (unpaired) electrons. The lowest BCUT2D eigenvalue weighted by Crippen LogP contribution is -2.28. The SMILES string of the molecule is O=CN(CC(=O)O)c1cc2ccc(Oc3ccc(O)cc3)cc2cn1. The van der Waals surface area contributed by atoms with Gasteiger partial charge in [0.15, 0.2) is 0 Å². The van der Waals surface area contributed by atoms with Crippen molar-refractivity contribution in [1.29, 1.82) is 0 Å². The molecule has 7 heteroatoms. The van der Waals surface area contributed by atoms with Crippen molar-refractivity contribution in [3.8, 4) is 17.2 Å². The lowest BCUT2D eigenvalue weighted by Gasteiger charge is -2.14. The molecular weight excluding hydrogens is 324 g/mol. The van der Waals surface area contributed by atoms with Crippen molar-refractivity contribution in [1.82, 2.24) is 4.98 Å². The first-order valence-electron chi connectivity index (χ1n) is 7.35. The van der Waals surface area contributed by atoms with Crippen molar-refractivity contribution >= 4 is 29.0 Å². The third-order valence-corrected chi connectivity index (χ3v) is 3.48. The maximum Gasteiger partial charge on any atom is 0.323 e. The number of phenols is 1. The first-order chi connectivity index (χ1) is 12.0. The molecule has 126 valence electrons. The Balaban J connectivity index is 1.86. The summed E-state index contributed by atoms with van der Waals surface area (Å²) in [5.41, 5.74) is 0. The summed E-state index contributed by atoms with van der Waals surface area (Å²) < 4.78 is 5.71. The number of benzene rings is 2. The van der Waals surface area contributed by atoms with Gasteiger partial charge in [0, 0.05) is 11.6 Å². The largest absolute Gasteiger partial charge is 0.508 e. The molecule has 0 unspecified atom stereocenters. The summed E-state index contributed by atoms with van der Waals surface area (Å²) in [5.74, 6) is 0.466. The molecule has 0 aliphatic heterocycles. The highest BCUT2D eigenvalue weighted by Crippen LogP contribution is 2.27. The van der Waals surface area contributed by atoms with Crippen LogP contribution < -0.4 is 9.64 Å². The van der Waals surface area contributed by atoms with E-state index in [4.69, 9.17) is 9.84 Å². The van der Waals surface area contributed by atoms with Crippen LogP contribution in [-0.2, 0) is 9.59 Å². The average Bonchev–Trinajstić information content (AvgIpc) is 2.61. The van der Waals surface area contributed by atoms with E-state index in [1.165, 1.54) is 12.1 Å². The highest BCUT2D eigenvalue weighted by molar-refractivity contribution is 5.89. The standard InChI is InChI=1S/C18H14N2O5/c21-11-20(10-18(23)24)17-8-12-1-4-16(7-13(12)9-19-17)25-15-5-2-14(22)3-6-15/h1-9,11,22H,10H2,(H,23,24). The number of aliphatic carboxylic acids is 1. The second kappa shape index (κ2) is 6.88. The Morgan fingerprint density at radius 2 is 1.80 bits per heavy atom. The van der Waals surface area contributed by atoms with E-state index in [0.29, 0.717) is 17.9 Å². The molecule has 2 N–H and O–H groups in total. The number of amides is 1. The summed E-state index contributed by atoms with van der Waals surface area (Å²) in [5, 5.41) is 19.7. The Morgan fingerprint density at radius 1 is 1.08 bits per heavy atom. The molecule has 7 nitrogen and oxygen atoms in total. The minimum absolute atomic E-state index is 0.156. The number of anilines is 1. The van der Waals surface area contributed by atoms with E-state index in [2.05, 4.69) is 4.98 Å². The average molecular weight is 338 g/mol. The summed E-state index contributed by atoms with van der Waals surface area (Å²) in [6.45, 7) is -0.454. The fourth-order valence-corrected chi connectivity index (χ4v) is 2.30. The van der Waals surface area contributed by atoms with Crippen LogP contribution in [0.4, 0.5) is 5.82 Å². The van der Waals surface area contributed by atoms with Crippen LogP contribution in [0.25, 0.3) is 10.8 Å². The van der Waals surface area contributed by atoms with Gasteiger partial charge in [0.1, 0.15) is 29.6 Å². The molecular formula is C18H14N2O5. The minimum Gasteiger partial charge on any atom is -0.508 e. The molecule has 0 saturated heterocycles. The van der Waals surface area contributed by atoms with Gasteiger partial charge in [-0.1, -0.05) is 6.07 Å². The fourth-order valence-electron chi connectivity index (χ4n) is 2.30. The predicted molar refractivity (Wildman–Crippen MR) is 91.0 cm³/mol. The van der Waals surface area contributed by atoms with Crippen LogP contribution in [0, 0.1) is 0 Å². The van der Waals surface area contributed by atoms with Crippen LogP contribution in [0.1, 0.15) is 0 Å². The van der Waals surface area contributed by atoms with Gasteiger partial charge in [0.25, 0.3) is 0 Å². The van der Waals surface area contributed by atoms with E-state index < -0.39 is 12.5 Å². The maximum atomic E-state index is 11.0. The van der Waals surface area contributed by atoms with Crippen molar-refractivity contribution in [2.45, 2.75) is 0 Å². The number of pyridine rings is 1. The minimum atomic E-state index is -1.12. The molecule has 0 atom stereocenters. The Hall–Kier alpha value is -3.61. The number of ether oxygens (including phenoxy) is 1. The molecule has 0 fully saturated rings. The maximum absolute atomic E-state index is 11.0. The van der Waals surface area contributed by atoms with Gasteiger partial charge in [-0.15, -0.1) is 0 Å². The van der Waals surface area contributed by atoms with Gasteiger partial charge < -0.3 is 14.9 Å². The normalized spacial score (nSPS) is 10.4. The number of carboxylic acid groups (broad SMARTS) is 1. The number of fused-ring (bicyclic) bond motifs is 1. The van der Waals surface area contributed by atoms with Crippen molar-refractivity contribution in [3.05, 3.63) is 54.7 Å². The summed E-state index contributed by atoms with van der Waals surface area (Å²) >= 11 is 0. The van der Waals surface area contributed by atoms with E-state index in [-0.39, 0.29) is 11.6 Å². The van der Waals surface area contributed by atoms with Crippen LogP contribution in [0.3, 0.4) is 0 Å². The number of nitrogens with zero attached hydrogens (tertiary/aromatic N) is 2. The molecule has 1 aromatic heterocycles. The molecule has 1 amide bonds. The Kier molecular flexibility index (Phi) is 4.47. The highest BCUT2D eigenvalue weighted by atomic mass is 16.5. The van der Waals surface area contributed by atoms with E-state index >= 15 is 0 Å². The Labute approximate surface area is 142 Å². The van der Waals surface area contributed by atoms with Gasteiger partial charge in [0.05, 0.1) is 0 Å². The van der Waals surface area contributed by atoms with Gasteiger partial charge in [-0.3, -0.25) is 14.5 Å². The number of carbonyl (C=O) groups excluding carboxylic acids is 1. The van der Waals surface area contributed by atoms with Gasteiger partial charge >= 0.3 is 5.97 Å². The van der Waals surface area contributed by atoms with E-state index in [1.54, 1.807) is 42.6 Å². The third-order valence-electron chi connectivity index (χ3n) is 3.48. The second-order valence-corrected chi connectivity index (χ2v) is 5.27. The second-order valence-electron chi connectivity index (χ2n) is 5.27. The first-order valence-corrected chi connectivity index (χ1v) is 7.35. The van der Waals surface area contributed by atoms with Gasteiger partial charge in [-0.2, -0.15) is 0 Å². The smallest absolute Gasteiger partial charge is 0.323 e. The molecule has 0 aliphatic rings. The van der Waals surface area contributed by atoms with Crippen molar-refractivity contribution < 1.29 is 24.5 Å². The number of aromatic nitrogens is 1. The molecule has 3 rings (SSSR count). The number of rotatable bonds is 6. The number of aromatic hydroxyl groups is 1. The zero-order valence-corrected chi connectivity index (χ0v) is 13.0. The lowest BCUT2D eigenvalue weighted by atomic mass is 10.1. The molecule has 1 heterocycles. The van der Waals surface area contributed by atoms with Gasteiger partial charge in [-0.05, 0) is 47.9 Å². The van der Waals surface area contributed by atoms with Gasteiger partial charge in [0.2, 0.25) is 6.41 Å². The monoisotopic (exact) mass is 338 g/mol. The lowest BCUT2D eigenvalue weighted by molar-refractivity contribution is -0.136. The van der Waals surface area contributed by atoms with Crippen LogP contribution >= 0.6 is 0 Å². The zero-order chi connectivity index (χ0) is 17.8. The van der Waals surface area contributed by atoms with Crippen molar-refractivity contribution in [3.63, 3.8) is 0 Å². The number of carboxylic acids is 1. The van der Waals surface area contributed by atoms with Crippen LogP contribution in [0.15, 0.2) is 54.7 Å². The zero-order valence-electron chi connectivity index (χ0n) is 13.0. The number of phenolic OH excluding ortho intramolecular Hbond substituents is 1. The Bertz CT molecular complexity index is 924. The number of carbonyl (C=O) groups is 2. The van der Waals surface area contributed by atoms with E-state index in [1.807, 2.05) is 0 Å². The fraction of sp³-hybridized carbons (Fsp3) is 0.0556. The molecule has 0 aliphatic carbocycles. The molecule has 0 spiro atoms. The highest BCUT2D eigenvalue weighted by Gasteiger charge is 2.11. The summed E-state index contributed by atoms with van der Waals surface area (Å²) in [6.07, 6.45) is 1.98. The topological polar surface area (TPSA) is 100.0 Å². The predicted octanol–water partition coefficient (Wildman–Crippen LogP) is 2.78.